The average Bonchev–Trinajstić information content (AvgIpc) is 3.13. The second-order valence-corrected chi connectivity index (χ2v) is 6.80. The largest absolute Gasteiger partial charge is 0.491 e. The van der Waals surface area contributed by atoms with Gasteiger partial charge in [-0.3, -0.25) is 4.79 Å². The fourth-order valence-electron chi connectivity index (χ4n) is 2.69. The zero-order chi connectivity index (χ0) is 20.1. The molecule has 6 nitrogen and oxygen atoms in total. The SMILES string of the molecule is CC(=O)NC(C)c1cc(-c2ccc(Oc3ccc(OC(C)C)cc3)cc2)no1. The maximum absolute atomic E-state index is 11.2. The quantitative estimate of drug-likeness (QED) is 0.616. The van der Waals surface area contributed by atoms with Crippen LogP contribution in [0.25, 0.3) is 11.3 Å². The van der Waals surface area contributed by atoms with Gasteiger partial charge >= 0.3 is 0 Å². The molecule has 3 rings (SSSR count). The molecule has 1 heterocycles. The van der Waals surface area contributed by atoms with E-state index in [1.54, 1.807) is 0 Å². The molecule has 0 spiro atoms. The number of ether oxygens (including phenoxy) is 2. The highest BCUT2D eigenvalue weighted by Gasteiger charge is 2.14. The number of hydrogen-bond donors (Lipinski definition) is 1. The lowest BCUT2D eigenvalue weighted by Gasteiger charge is -2.10. The second-order valence-electron chi connectivity index (χ2n) is 6.80. The van der Waals surface area contributed by atoms with Crippen LogP contribution in [0, 0.1) is 0 Å². The van der Waals surface area contributed by atoms with Crippen LogP contribution in [0.2, 0.25) is 0 Å². The first kappa shape index (κ1) is 19.5. The van der Waals surface area contributed by atoms with Gasteiger partial charge in [-0.25, -0.2) is 0 Å². The van der Waals surface area contributed by atoms with E-state index in [-0.39, 0.29) is 18.1 Å². The zero-order valence-corrected chi connectivity index (χ0v) is 16.4. The Labute approximate surface area is 164 Å². The van der Waals surface area contributed by atoms with E-state index in [0.717, 1.165) is 22.8 Å². The number of carbonyl (C=O) groups excluding carboxylic acids is 1. The van der Waals surface area contributed by atoms with Gasteiger partial charge in [-0.1, -0.05) is 5.16 Å². The number of nitrogens with one attached hydrogen (secondary N) is 1. The molecular weight excluding hydrogens is 356 g/mol. The van der Waals surface area contributed by atoms with Gasteiger partial charge in [-0.2, -0.15) is 0 Å². The van der Waals surface area contributed by atoms with Gasteiger partial charge in [-0.05, 0) is 69.3 Å². The van der Waals surface area contributed by atoms with Crippen LogP contribution in [0.15, 0.2) is 59.1 Å². The summed E-state index contributed by atoms with van der Waals surface area (Å²) in [7, 11) is 0. The van der Waals surface area contributed by atoms with Crippen LogP contribution < -0.4 is 14.8 Å². The molecule has 0 saturated carbocycles. The number of benzene rings is 2. The van der Waals surface area contributed by atoms with Crippen LogP contribution in [-0.2, 0) is 4.79 Å². The first-order chi connectivity index (χ1) is 13.4. The van der Waals surface area contributed by atoms with Crippen molar-refractivity contribution >= 4 is 5.91 Å². The number of aromatic nitrogens is 1. The van der Waals surface area contributed by atoms with E-state index in [1.807, 2.05) is 75.4 Å². The fraction of sp³-hybridized carbons (Fsp3) is 0.273. The molecule has 3 aromatic rings. The molecule has 1 unspecified atom stereocenters. The molecule has 0 fully saturated rings. The molecule has 0 aliphatic carbocycles. The van der Waals surface area contributed by atoms with Crippen LogP contribution in [0.4, 0.5) is 0 Å². The summed E-state index contributed by atoms with van der Waals surface area (Å²) in [6, 6.07) is 16.7. The normalized spacial score (nSPS) is 11.9. The van der Waals surface area contributed by atoms with Crippen molar-refractivity contribution in [1.82, 2.24) is 10.5 Å². The van der Waals surface area contributed by atoms with Gasteiger partial charge in [0, 0.05) is 18.6 Å². The second kappa shape index (κ2) is 8.61. The highest BCUT2D eigenvalue weighted by molar-refractivity contribution is 5.73. The van der Waals surface area contributed by atoms with Crippen LogP contribution in [0.3, 0.4) is 0 Å². The van der Waals surface area contributed by atoms with Crippen molar-refractivity contribution in [2.24, 2.45) is 0 Å². The van der Waals surface area contributed by atoms with Crippen molar-refractivity contribution in [3.8, 4) is 28.5 Å². The highest BCUT2D eigenvalue weighted by atomic mass is 16.5. The number of amides is 1. The lowest BCUT2D eigenvalue weighted by atomic mass is 10.1. The Morgan fingerprint density at radius 1 is 0.964 bits per heavy atom. The van der Waals surface area contributed by atoms with E-state index in [4.69, 9.17) is 14.0 Å². The number of carbonyl (C=O) groups is 1. The van der Waals surface area contributed by atoms with E-state index >= 15 is 0 Å². The Balaban J connectivity index is 1.65. The molecule has 28 heavy (non-hydrogen) atoms. The molecule has 1 N–H and O–H groups in total. The Morgan fingerprint density at radius 3 is 2.11 bits per heavy atom. The van der Waals surface area contributed by atoms with Gasteiger partial charge in [0.2, 0.25) is 5.91 Å². The summed E-state index contributed by atoms with van der Waals surface area (Å²) >= 11 is 0. The molecule has 0 saturated heterocycles. The molecule has 0 radical (unpaired) electrons. The Bertz CT molecular complexity index is 914. The van der Waals surface area contributed by atoms with E-state index in [2.05, 4.69) is 10.5 Å². The predicted octanol–water partition coefficient (Wildman–Crippen LogP) is 5.12. The van der Waals surface area contributed by atoms with Gasteiger partial charge in [0.05, 0.1) is 12.1 Å². The third kappa shape index (κ3) is 5.13. The number of hydrogen-bond acceptors (Lipinski definition) is 5. The Morgan fingerprint density at radius 2 is 1.54 bits per heavy atom. The molecule has 146 valence electrons. The minimum absolute atomic E-state index is 0.115. The lowest BCUT2D eigenvalue weighted by Crippen LogP contribution is -2.23. The van der Waals surface area contributed by atoms with Crippen molar-refractivity contribution in [1.29, 1.82) is 0 Å². The van der Waals surface area contributed by atoms with Gasteiger partial charge in [0.15, 0.2) is 5.76 Å². The minimum atomic E-state index is -0.232. The van der Waals surface area contributed by atoms with Crippen molar-refractivity contribution in [2.45, 2.75) is 39.8 Å². The van der Waals surface area contributed by atoms with Gasteiger partial charge < -0.3 is 19.3 Å². The molecule has 6 heteroatoms. The molecule has 1 amide bonds. The molecule has 0 bridgehead atoms. The zero-order valence-electron chi connectivity index (χ0n) is 16.4. The monoisotopic (exact) mass is 380 g/mol. The summed E-state index contributed by atoms with van der Waals surface area (Å²) in [6.07, 6.45) is 0.137. The Kier molecular flexibility index (Phi) is 5.99. The molecule has 1 atom stereocenters. The van der Waals surface area contributed by atoms with Crippen molar-refractivity contribution in [2.75, 3.05) is 0 Å². The summed E-state index contributed by atoms with van der Waals surface area (Å²) in [5, 5.41) is 6.85. The Hall–Kier alpha value is -3.28. The van der Waals surface area contributed by atoms with Crippen molar-refractivity contribution < 1.29 is 18.8 Å². The standard InChI is InChI=1S/C22H24N2O4/c1-14(2)26-18-9-11-20(12-10-18)27-19-7-5-17(6-8-19)21-13-22(28-24-21)15(3)23-16(4)25/h5-15H,1-4H3,(H,23,25). The summed E-state index contributed by atoms with van der Waals surface area (Å²) in [5.74, 6) is 2.76. The molecule has 0 aliphatic rings. The lowest BCUT2D eigenvalue weighted by molar-refractivity contribution is -0.119. The number of rotatable bonds is 7. The minimum Gasteiger partial charge on any atom is -0.491 e. The maximum atomic E-state index is 11.2. The predicted molar refractivity (Wildman–Crippen MR) is 106 cm³/mol. The summed E-state index contributed by atoms with van der Waals surface area (Å²) < 4.78 is 16.8. The summed E-state index contributed by atoms with van der Waals surface area (Å²) in [4.78, 5) is 11.2. The summed E-state index contributed by atoms with van der Waals surface area (Å²) in [6.45, 7) is 7.30. The average molecular weight is 380 g/mol. The fourth-order valence-corrected chi connectivity index (χ4v) is 2.69. The summed E-state index contributed by atoms with van der Waals surface area (Å²) in [5.41, 5.74) is 1.60. The first-order valence-corrected chi connectivity index (χ1v) is 9.19. The van der Waals surface area contributed by atoms with Crippen LogP contribution in [-0.4, -0.2) is 17.2 Å². The van der Waals surface area contributed by atoms with Crippen molar-refractivity contribution in [3.05, 3.63) is 60.4 Å². The van der Waals surface area contributed by atoms with E-state index < -0.39 is 0 Å². The smallest absolute Gasteiger partial charge is 0.217 e. The van der Waals surface area contributed by atoms with E-state index in [9.17, 15) is 4.79 Å². The van der Waals surface area contributed by atoms with Crippen LogP contribution >= 0.6 is 0 Å². The first-order valence-electron chi connectivity index (χ1n) is 9.19. The number of nitrogens with zero attached hydrogens (tertiary/aromatic N) is 1. The van der Waals surface area contributed by atoms with Gasteiger partial charge in [-0.15, -0.1) is 0 Å². The third-order valence-electron chi connectivity index (χ3n) is 3.96. The van der Waals surface area contributed by atoms with E-state index in [0.29, 0.717) is 11.5 Å². The molecule has 2 aromatic carbocycles. The highest BCUT2D eigenvalue weighted by Crippen LogP contribution is 2.28. The molecule has 1 aromatic heterocycles. The molecular formula is C22H24N2O4. The third-order valence-corrected chi connectivity index (χ3v) is 3.96. The van der Waals surface area contributed by atoms with Crippen LogP contribution in [0.1, 0.15) is 39.5 Å². The van der Waals surface area contributed by atoms with E-state index in [1.165, 1.54) is 6.92 Å². The van der Waals surface area contributed by atoms with Crippen molar-refractivity contribution in [3.63, 3.8) is 0 Å². The van der Waals surface area contributed by atoms with Crippen LogP contribution in [0.5, 0.6) is 17.2 Å². The maximum Gasteiger partial charge on any atom is 0.217 e. The van der Waals surface area contributed by atoms with Gasteiger partial charge in [0.1, 0.15) is 22.9 Å². The topological polar surface area (TPSA) is 73.6 Å². The van der Waals surface area contributed by atoms with Gasteiger partial charge in [0.25, 0.3) is 0 Å². The molecule has 0 aliphatic heterocycles.